The van der Waals surface area contributed by atoms with Crippen LogP contribution < -0.4 is 5.73 Å². The second-order valence-corrected chi connectivity index (χ2v) is 10.2. The van der Waals surface area contributed by atoms with E-state index in [0.29, 0.717) is 48.4 Å². The van der Waals surface area contributed by atoms with Crippen molar-refractivity contribution in [3.8, 4) is 11.4 Å². The van der Waals surface area contributed by atoms with E-state index in [1.54, 1.807) is 12.1 Å². The summed E-state index contributed by atoms with van der Waals surface area (Å²) in [5.41, 5.74) is 6.86. The molecule has 8 nitrogen and oxygen atoms in total. The Labute approximate surface area is 237 Å². The summed E-state index contributed by atoms with van der Waals surface area (Å²) in [5.74, 6) is -0.199. The molecular weight excluding hydrogens is 521 g/mol. The van der Waals surface area contributed by atoms with Crippen molar-refractivity contribution < 1.29 is 18.7 Å². The summed E-state index contributed by atoms with van der Waals surface area (Å²) in [6, 6.07) is 4.50. The standard InChI is InChI=1S/C15H15ClFN3O.C12H24N2O2.C2H6/c1-9(21)14-13-8-19(2)5-6-20(13)15(18-14)11-4-3-10(16)7-12(11)17;1-3-5-12(6-4-2,11(13)15)14-7-9-16-10-8-14;1-2/h3-4,7H,5-6,8H2,1-2H3;3-10H2,1-2H3,(H2,13,15);1-2H3. The monoisotopic (exact) mass is 565 g/mol. The van der Waals surface area contributed by atoms with Crippen LogP contribution in [0.4, 0.5) is 4.39 Å². The van der Waals surface area contributed by atoms with E-state index in [9.17, 15) is 14.0 Å². The predicted octanol–water partition coefficient (Wildman–Crippen LogP) is 5.16. The Morgan fingerprint density at radius 2 is 1.72 bits per heavy atom. The van der Waals surface area contributed by atoms with Gasteiger partial charge in [0, 0.05) is 44.7 Å². The van der Waals surface area contributed by atoms with Crippen molar-refractivity contribution in [3.63, 3.8) is 0 Å². The fourth-order valence-corrected chi connectivity index (χ4v) is 5.47. The highest BCUT2D eigenvalue weighted by atomic mass is 35.5. The van der Waals surface area contributed by atoms with Gasteiger partial charge in [0.25, 0.3) is 0 Å². The highest BCUT2D eigenvalue weighted by Crippen LogP contribution is 2.30. The van der Waals surface area contributed by atoms with E-state index in [2.05, 4.69) is 28.6 Å². The molecule has 1 fully saturated rings. The van der Waals surface area contributed by atoms with E-state index in [4.69, 9.17) is 22.1 Å². The first-order valence-electron chi connectivity index (χ1n) is 14.0. The van der Waals surface area contributed by atoms with Crippen LogP contribution in [0.1, 0.15) is 76.5 Å². The van der Waals surface area contributed by atoms with Gasteiger partial charge in [0.05, 0.1) is 24.5 Å². The maximum absolute atomic E-state index is 14.2. The number of morpholine rings is 1. The van der Waals surface area contributed by atoms with Crippen molar-refractivity contribution in [3.05, 3.63) is 40.4 Å². The van der Waals surface area contributed by atoms with Gasteiger partial charge in [-0.1, -0.05) is 52.1 Å². The van der Waals surface area contributed by atoms with E-state index in [1.807, 2.05) is 25.5 Å². The minimum absolute atomic E-state index is 0.102. The van der Waals surface area contributed by atoms with Crippen LogP contribution in [0.3, 0.4) is 0 Å². The number of ketones is 1. The molecule has 0 unspecified atom stereocenters. The van der Waals surface area contributed by atoms with Gasteiger partial charge in [-0.2, -0.15) is 0 Å². The SMILES string of the molecule is CC.CC(=O)c1nc(-c2ccc(Cl)cc2F)n2c1CN(C)CC2.CCCC(CCC)(C(N)=O)N1CCOCC1. The van der Waals surface area contributed by atoms with E-state index in [-0.39, 0.29) is 11.7 Å². The van der Waals surface area contributed by atoms with Gasteiger partial charge in [0.2, 0.25) is 5.91 Å². The Kier molecular flexibility index (Phi) is 13.0. The zero-order valence-corrected chi connectivity index (χ0v) is 25.1. The fourth-order valence-electron chi connectivity index (χ4n) is 5.31. The Bertz CT molecular complexity index is 1090. The molecule has 1 aromatic carbocycles. The van der Waals surface area contributed by atoms with Crippen LogP contribution in [0.5, 0.6) is 0 Å². The van der Waals surface area contributed by atoms with E-state index in [0.717, 1.165) is 51.0 Å². The highest BCUT2D eigenvalue weighted by Gasteiger charge is 2.41. The maximum Gasteiger partial charge on any atom is 0.237 e. The van der Waals surface area contributed by atoms with Gasteiger partial charge < -0.3 is 15.0 Å². The molecule has 3 heterocycles. The molecule has 0 bridgehead atoms. The number of Topliss-reactive ketones (excluding diaryl/α,β-unsaturated/α-hetero) is 1. The molecule has 0 aliphatic carbocycles. The van der Waals surface area contributed by atoms with E-state index < -0.39 is 11.4 Å². The van der Waals surface area contributed by atoms with Crippen LogP contribution in [0, 0.1) is 5.82 Å². The Hall–Kier alpha value is -2.33. The third-order valence-electron chi connectivity index (χ3n) is 7.11. The number of likely N-dealkylation sites (N-methyl/N-ethyl adjacent to an activating group) is 1. The summed E-state index contributed by atoms with van der Waals surface area (Å²) in [6.07, 6.45) is 3.69. The first-order chi connectivity index (χ1) is 18.6. The zero-order chi connectivity index (χ0) is 29.2. The van der Waals surface area contributed by atoms with Crippen LogP contribution in [0.25, 0.3) is 11.4 Å². The minimum Gasteiger partial charge on any atom is -0.379 e. The molecule has 0 atom stereocenters. The molecule has 39 heavy (non-hydrogen) atoms. The lowest BCUT2D eigenvalue weighted by Gasteiger charge is -2.43. The van der Waals surface area contributed by atoms with Gasteiger partial charge in [-0.15, -0.1) is 0 Å². The molecule has 1 amide bonds. The van der Waals surface area contributed by atoms with Gasteiger partial charge in [0.1, 0.15) is 22.9 Å². The summed E-state index contributed by atoms with van der Waals surface area (Å²) in [7, 11) is 1.99. The number of halogens is 2. The maximum atomic E-state index is 14.2. The summed E-state index contributed by atoms with van der Waals surface area (Å²) < 4.78 is 21.4. The fraction of sp³-hybridized carbons (Fsp3) is 0.621. The van der Waals surface area contributed by atoms with Crippen molar-refractivity contribution in [2.75, 3.05) is 39.9 Å². The number of nitrogens with zero attached hydrogens (tertiary/aromatic N) is 4. The summed E-state index contributed by atoms with van der Waals surface area (Å²) in [4.78, 5) is 32.4. The topological polar surface area (TPSA) is 93.7 Å². The summed E-state index contributed by atoms with van der Waals surface area (Å²) in [6.45, 7) is 14.9. The summed E-state index contributed by atoms with van der Waals surface area (Å²) in [5, 5.41) is 0.341. The molecule has 0 radical (unpaired) electrons. The van der Waals surface area contributed by atoms with Crippen molar-refractivity contribution in [2.45, 2.75) is 78.9 Å². The van der Waals surface area contributed by atoms with Crippen molar-refractivity contribution in [2.24, 2.45) is 5.73 Å². The number of amides is 1. The number of primary amides is 1. The number of hydrogen-bond donors (Lipinski definition) is 1. The zero-order valence-electron chi connectivity index (χ0n) is 24.4. The average molecular weight is 566 g/mol. The number of carbonyl (C=O) groups excluding carboxylic acids is 2. The second-order valence-electron chi connectivity index (χ2n) is 9.80. The van der Waals surface area contributed by atoms with Crippen molar-refractivity contribution in [1.82, 2.24) is 19.4 Å². The first-order valence-corrected chi connectivity index (χ1v) is 14.4. The molecule has 1 saturated heterocycles. The Morgan fingerprint density at radius 1 is 1.10 bits per heavy atom. The largest absolute Gasteiger partial charge is 0.379 e. The lowest BCUT2D eigenvalue weighted by Crippen LogP contribution is -2.60. The number of carbonyl (C=O) groups is 2. The molecule has 0 spiro atoms. The lowest BCUT2D eigenvalue weighted by molar-refractivity contribution is -0.135. The number of ether oxygens (including phenoxy) is 1. The number of benzene rings is 1. The van der Waals surface area contributed by atoms with Gasteiger partial charge in [-0.05, 0) is 38.1 Å². The molecule has 2 aliphatic heterocycles. The van der Waals surface area contributed by atoms with Crippen LogP contribution in [0.2, 0.25) is 5.02 Å². The quantitative estimate of drug-likeness (QED) is 0.444. The van der Waals surface area contributed by atoms with Crippen molar-refractivity contribution in [1.29, 1.82) is 0 Å². The van der Waals surface area contributed by atoms with Crippen LogP contribution in [-0.4, -0.2) is 76.5 Å². The second kappa shape index (κ2) is 15.5. The Balaban J connectivity index is 0.000000267. The number of fused-ring (bicyclic) bond motifs is 1. The first kappa shape index (κ1) is 32.9. The molecule has 10 heteroatoms. The molecule has 2 aromatic rings. The van der Waals surface area contributed by atoms with Gasteiger partial charge in [0.15, 0.2) is 5.78 Å². The van der Waals surface area contributed by atoms with Crippen LogP contribution in [0.15, 0.2) is 18.2 Å². The lowest BCUT2D eigenvalue weighted by atomic mass is 9.85. The molecule has 0 saturated carbocycles. The van der Waals surface area contributed by atoms with Crippen molar-refractivity contribution >= 4 is 23.3 Å². The third kappa shape index (κ3) is 7.87. The predicted molar refractivity (Wildman–Crippen MR) is 154 cm³/mol. The number of nitrogens with two attached hydrogens (primary N) is 1. The smallest absolute Gasteiger partial charge is 0.237 e. The molecular formula is C29H45ClFN5O3. The van der Waals surface area contributed by atoms with Gasteiger partial charge in [-0.3, -0.25) is 19.4 Å². The number of imidazole rings is 1. The Morgan fingerprint density at radius 3 is 2.23 bits per heavy atom. The van der Waals surface area contributed by atoms with E-state index in [1.165, 1.54) is 13.0 Å². The molecule has 1 aromatic heterocycles. The van der Waals surface area contributed by atoms with Gasteiger partial charge >= 0.3 is 0 Å². The molecule has 218 valence electrons. The molecule has 2 N–H and O–H groups in total. The third-order valence-corrected chi connectivity index (χ3v) is 7.34. The molecule has 2 aliphatic rings. The molecule has 4 rings (SSSR count). The highest BCUT2D eigenvalue weighted by molar-refractivity contribution is 6.30. The van der Waals surface area contributed by atoms with Crippen LogP contribution >= 0.6 is 11.6 Å². The van der Waals surface area contributed by atoms with Crippen LogP contribution in [-0.2, 0) is 22.6 Å². The van der Waals surface area contributed by atoms with E-state index >= 15 is 0 Å². The minimum atomic E-state index is -0.437. The number of hydrogen-bond acceptors (Lipinski definition) is 6. The number of rotatable bonds is 8. The summed E-state index contributed by atoms with van der Waals surface area (Å²) >= 11 is 5.79. The van der Waals surface area contributed by atoms with Gasteiger partial charge in [-0.25, -0.2) is 9.37 Å². The average Bonchev–Trinajstić information content (AvgIpc) is 3.29. The normalized spacial score (nSPS) is 15.9. The number of aromatic nitrogens is 2.